The van der Waals surface area contributed by atoms with Crippen LogP contribution in [0.4, 0.5) is 0 Å². The fourth-order valence-electron chi connectivity index (χ4n) is 1.90. The zero-order valence-electron chi connectivity index (χ0n) is 9.71. The summed E-state index contributed by atoms with van der Waals surface area (Å²) in [6.45, 7) is 0. The molecule has 1 aromatic heterocycles. The molecule has 5 nitrogen and oxygen atoms in total. The summed E-state index contributed by atoms with van der Waals surface area (Å²) in [5, 5.41) is 0. The monoisotopic (exact) mass is 293 g/mol. The minimum Gasteiger partial charge on any atom is -0.288 e. The van der Waals surface area contributed by atoms with Crippen molar-refractivity contribution in [3.05, 3.63) is 46.0 Å². The first-order chi connectivity index (χ1) is 8.89. The van der Waals surface area contributed by atoms with E-state index in [1.165, 1.54) is 6.07 Å². The van der Waals surface area contributed by atoms with Gasteiger partial charge in [-0.3, -0.25) is 9.59 Å². The zero-order chi connectivity index (χ0) is 13.8. The number of carbonyl (C=O) groups excluding carboxylic acids is 2. The second-order valence-electron chi connectivity index (χ2n) is 4.13. The summed E-state index contributed by atoms with van der Waals surface area (Å²) >= 11 is 0.748. The average molecular weight is 293 g/mol. The lowest BCUT2D eigenvalue weighted by Crippen LogP contribution is -2.19. The molecule has 0 fully saturated rings. The summed E-state index contributed by atoms with van der Waals surface area (Å²) in [6.07, 6.45) is 0.999. The van der Waals surface area contributed by atoms with Crippen LogP contribution in [0.3, 0.4) is 0 Å². The van der Waals surface area contributed by atoms with Crippen LogP contribution in [0.25, 0.3) is 0 Å². The summed E-state index contributed by atoms with van der Waals surface area (Å²) < 4.78 is 22.7. The highest BCUT2D eigenvalue weighted by molar-refractivity contribution is 7.92. The van der Waals surface area contributed by atoms with Gasteiger partial charge in [0.2, 0.25) is 25.7 Å². The van der Waals surface area contributed by atoms with Crippen molar-refractivity contribution in [2.45, 2.75) is 4.34 Å². The van der Waals surface area contributed by atoms with Crippen molar-refractivity contribution >= 4 is 32.7 Å². The molecule has 3 rings (SSSR count). The summed E-state index contributed by atoms with van der Waals surface area (Å²) in [6, 6.07) is 6.41. The lowest BCUT2D eigenvalue weighted by molar-refractivity contribution is 0.0979. The highest BCUT2D eigenvalue weighted by atomic mass is 32.2. The van der Waals surface area contributed by atoms with E-state index < -0.39 is 15.6 Å². The topological polar surface area (TPSA) is 81.2 Å². The van der Waals surface area contributed by atoms with Crippen LogP contribution in [0.2, 0.25) is 0 Å². The van der Waals surface area contributed by atoms with Gasteiger partial charge >= 0.3 is 0 Å². The van der Waals surface area contributed by atoms with Gasteiger partial charge in [0.1, 0.15) is 10.6 Å². The standard InChI is InChI=1S/C12H7NO4S2/c1-19(16,17)12-13-8-9(14)6-4-2-3-5-7(6)10(15)11(8)18-12/h2-5H,1H3. The summed E-state index contributed by atoms with van der Waals surface area (Å²) in [4.78, 5) is 28.3. The van der Waals surface area contributed by atoms with E-state index in [9.17, 15) is 18.0 Å². The van der Waals surface area contributed by atoms with Crippen LogP contribution in [-0.4, -0.2) is 31.2 Å². The molecule has 1 aliphatic rings. The number of sulfone groups is 1. The fraction of sp³-hybridized carbons (Fsp3) is 0.0833. The van der Waals surface area contributed by atoms with E-state index in [0.717, 1.165) is 17.6 Å². The second kappa shape index (κ2) is 3.82. The van der Waals surface area contributed by atoms with E-state index >= 15 is 0 Å². The Morgan fingerprint density at radius 3 is 2.21 bits per heavy atom. The van der Waals surface area contributed by atoms with Crippen molar-refractivity contribution in [2.75, 3.05) is 6.26 Å². The van der Waals surface area contributed by atoms with Crippen LogP contribution >= 0.6 is 11.3 Å². The number of benzene rings is 1. The van der Waals surface area contributed by atoms with Crippen molar-refractivity contribution < 1.29 is 18.0 Å². The molecule has 0 spiro atoms. The lowest BCUT2D eigenvalue weighted by Gasteiger charge is -2.11. The van der Waals surface area contributed by atoms with Gasteiger partial charge in [-0.15, -0.1) is 0 Å². The maximum atomic E-state index is 12.2. The predicted molar refractivity (Wildman–Crippen MR) is 68.5 cm³/mol. The summed E-state index contributed by atoms with van der Waals surface area (Å²) in [5.41, 5.74) is 0.503. The zero-order valence-corrected chi connectivity index (χ0v) is 11.3. The normalized spacial score (nSPS) is 14.2. The molecule has 0 bridgehead atoms. The van der Waals surface area contributed by atoms with E-state index in [-0.39, 0.29) is 26.3 Å². The third-order valence-corrected chi connectivity index (χ3v) is 5.50. The molecule has 0 radical (unpaired) electrons. The number of ketones is 2. The number of aromatic nitrogens is 1. The number of thiazole rings is 1. The van der Waals surface area contributed by atoms with Crippen LogP contribution in [0, 0.1) is 0 Å². The first kappa shape index (κ1) is 12.2. The number of carbonyl (C=O) groups is 2. The Labute approximate surface area is 112 Å². The first-order valence-corrected chi connectivity index (χ1v) is 7.99. The van der Waals surface area contributed by atoms with Crippen LogP contribution in [-0.2, 0) is 9.84 Å². The number of rotatable bonds is 1. The van der Waals surface area contributed by atoms with Crippen molar-refractivity contribution in [3.63, 3.8) is 0 Å². The van der Waals surface area contributed by atoms with E-state index in [0.29, 0.717) is 5.56 Å². The Morgan fingerprint density at radius 1 is 1.05 bits per heavy atom. The fourth-order valence-corrected chi connectivity index (χ4v) is 3.76. The van der Waals surface area contributed by atoms with Gasteiger partial charge in [0.05, 0.1) is 0 Å². The van der Waals surface area contributed by atoms with Crippen molar-refractivity contribution in [1.82, 2.24) is 4.98 Å². The van der Waals surface area contributed by atoms with E-state index in [1.54, 1.807) is 18.2 Å². The molecule has 0 aliphatic heterocycles. The quantitative estimate of drug-likeness (QED) is 0.676. The number of hydrogen-bond donors (Lipinski definition) is 0. The van der Waals surface area contributed by atoms with Gasteiger partial charge in [0, 0.05) is 17.4 Å². The predicted octanol–water partition coefficient (Wildman–Crippen LogP) is 1.32. The Kier molecular flexibility index (Phi) is 2.45. The Morgan fingerprint density at radius 2 is 1.63 bits per heavy atom. The van der Waals surface area contributed by atoms with Crippen molar-refractivity contribution in [3.8, 4) is 0 Å². The van der Waals surface area contributed by atoms with Gasteiger partial charge in [0.25, 0.3) is 0 Å². The van der Waals surface area contributed by atoms with Gasteiger partial charge in [0.15, 0.2) is 0 Å². The largest absolute Gasteiger partial charge is 0.288 e. The third-order valence-electron chi connectivity index (χ3n) is 2.76. The third kappa shape index (κ3) is 1.73. The van der Waals surface area contributed by atoms with Crippen molar-refractivity contribution in [2.24, 2.45) is 0 Å². The molecule has 1 heterocycles. The van der Waals surface area contributed by atoms with Crippen molar-refractivity contribution in [1.29, 1.82) is 0 Å². The lowest BCUT2D eigenvalue weighted by atomic mass is 9.92. The number of nitrogens with zero attached hydrogens (tertiary/aromatic N) is 1. The number of fused-ring (bicyclic) bond motifs is 2. The highest BCUT2D eigenvalue weighted by Crippen LogP contribution is 2.32. The smallest absolute Gasteiger partial charge is 0.213 e. The number of hydrogen-bond acceptors (Lipinski definition) is 6. The van der Waals surface area contributed by atoms with E-state index in [4.69, 9.17) is 0 Å². The second-order valence-corrected chi connectivity index (χ2v) is 7.32. The average Bonchev–Trinajstić information content (AvgIpc) is 2.81. The molecule has 0 atom stereocenters. The van der Waals surface area contributed by atoms with Gasteiger partial charge in [-0.2, -0.15) is 0 Å². The maximum absolute atomic E-state index is 12.2. The molecular formula is C12H7NO4S2. The van der Waals surface area contributed by atoms with Gasteiger partial charge in [-0.25, -0.2) is 13.4 Å². The van der Waals surface area contributed by atoms with Gasteiger partial charge in [-0.05, 0) is 0 Å². The molecule has 96 valence electrons. The summed E-state index contributed by atoms with van der Waals surface area (Å²) in [5.74, 6) is -0.756. The molecule has 0 saturated carbocycles. The Hall–Kier alpha value is -1.86. The minimum atomic E-state index is -3.53. The molecule has 2 aromatic rings. The van der Waals surface area contributed by atoms with Crippen LogP contribution < -0.4 is 0 Å². The molecule has 0 saturated heterocycles. The van der Waals surface area contributed by atoms with Crippen LogP contribution in [0.15, 0.2) is 28.6 Å². The summed E-state index contributed by atoms with van der Waals surface area (Å²) in [7, 11) is -3.53. The molecular weight excluding hydrogens is 286 g/mol. The Balaban J connectivity index is 2.30. The first-order valence-electron chi connectivity index (χ1n) is 5.29. The van der Waals surface area contributed by atoms with Crippen LogP contribution in [0.5, 0.6) is 0 Å². The molecule has 0 unspecified atom stereocenters. The minimum absolute atomic E-state index is 0.0610. The molecule has 19 heavy (non-hydrogen) atoms. The highest BCUT2D eigenvalue weighted by Gasteiger charge is 2.34. The molecule has 7 heteroatoms. The van der Waals surface area contributed by atoms with Gasteiger partial charge < -0.3 is 0 Å². The van der Waals surface area contributed by atoms with Crippen LogP contribution in [0.1, 0.15) is 31.3 Å². The Bertz CT molecular complexity index is 781. The SMILES string of the molecule is CS(=O)(=O)c1nc2c(s1)C(=O)c1ccccc1C2=O. The van der Waals surface area contributed by atoms with Gasteiger partial charge in [-0.1, -0.05) is 35.6 Å². The maximum Gasteiger partial charge on any atom is 0.213 e. The molecule has 1 aliphatic carbocycles. The van der Waals surface area contributed by atoms with E-state index in [1.807, 2.05) is 0 Å². The molecule has 1 aromatic carbocycles. The molecule has 0 N–H and O–H groups in total. The van der Waals surface area contributed by atoms with E-state index in [2.05, 4.69) is 4.98 Å². The molecule has 0 amide bonds.